The molecule has 1 aliphatic rings. The zero-order valence-corrected chi connectivity index (χ0v) is 9.73. The molecule has 78 valence electrons. The number of rotatable bonds is 5. The van der Waals surface area contributed by atoms with Crippen LogP contribution in [0.2, 0.25) is 0 Å². The molecule has 0 amide bonds. The fourth-order valence-corrected chi connectivity index (χ4v) is 2.62. The highest BCUT2D eigenvalue weighted by Gasteiger charge is 2.27. The van der Waals surface area contributed by atoms with Crippen molar-refractivity contribution in [3.63, 3.8) is 0 Å². The molecular formula is C11H18N2S. The Kier molecular flexibility index (Phi) is 3.19. The maximum Gasteiger partial charge on any atom is 0.0959 e. The van der Waals surface area contributed by atoms with Gasteiger partial charge in [-0.15, -0.1) is 11.3 Å². The van der Waals surface area contributed by atoms with Gasteiger partial charge in [-0.2, -0.15) is 0 Å². The molecule has 1 aromatic rings. The molecule has 1 aromatic heterocycles. The first-order chi connectivity index (χ1) is 6.81. The maximum absolute atomic E-state index is 4.70. The third-order valence-corrected chi connectivity index (χ3v) is 3.70. The first-order valence-corrected chi connectivity index (χ1v) is 6.35. The third-order valence-electron chi connectivity index (χ3n) is 2.67. The Morgan fingerprint density at radius 1 is 1.64 bits per heavy atom. The van der Waals surface area contributed by atoms with E-state index < -0.39 is 0 Å². The lowest BCUT2D eigenvalue weighted by Crippen LogP contribution is -2.19. The standard InChI is InChI=1S/C11H18N2S/c1-3-12-6-8(2)10-7-14-11(13-10)9-4-5-9/h7-9,12H,3-6H2,1-2H3. The van der Waals surface area contributed by atoms with Crippen LogP contribution in [-0.4, -0.2) is 18.1 Å². The molecule has 2 nitrogen and oxygen atoms in total. The number of nitrogens with one attached hydrogen (secondary N) is 1. The Morgan fingerprint density at radius 3 is 3.07 bits per heavy atom. The highest BCUT2D eigenvalue weighted by atomic mass is 32.1. The quantitative estimate of drug-likeness (QED) is 0.808. The van der Waals surface area contributed by atoms with E-state index in [4.69, 9.17) is 4.98 Å². The summed E-state index contributed by atoms with van der Waals surface area (Å²) in [5.41, 5.74) is 1.28. The van der Waals surface area contributed by atoms with Gasteiger partial charge in [0, 0.05) is 23.8 Å². The van der Waals surface area contributed by atoms with E-state index in [9.17, 15) is 0 Å². The largest absolute Gasteiger partial charge is 0.316 e. The average molecular weight is 210 g/mol. The van der Waals surface area contributed by atoms with Crippen molar-refractivity contribution in [2.75, 3.05) is 13.1 Å². The molecule has 0 aromatic carbocycles. The van der Waals surface area contributed by atoms with Crippen molar-refractivity contribution in [2.45, 2.75) is 38.5 Å². The van der Waals surface area contributed by atoms with E-state index in [1.807, 2.05) is 11.3 Å². The summed E-state index contributed by atoms with van der Waals surface area (Å²) >= 11 is 1.84. The van der Waals surface area contributed by atoms with Gasteiger partial charge in [0.05, 0.1) is 10.7 Å². The van der Waals surface area contributed by atoms with Crippen LogP contribution in [0.1, 0.15) is 49.2 Å². The van der Waals surface area contributed by atoms with Gasteiger partial charge in [0.1, 0.15) is 0 Å². The van der Waals surface area contributed by atoms with Gasteiger partial charge in [-0.3, -0.25) is 0 Å². The van der Waals surface area contributed by atoms with Crippen LogP contribution >= 0.6 is 11.3 Å². The van der Waals surface area contributed by atoms with E-state index >= 15 is 0 Å². The molecule has 1 N–H and O–H groups in total. The van der Waals surface area contributed by atoms with Gasteiger partial charge >= 0.3 is 0 Å². The minimum atomic E-state index is 0.554. The summed E-state index contributed by atoms with van der Waals surface area (Å²) in [5.74, 6) is 1.36. The van der Waals surface area contributed by atoms with Crippen molar-refractivity contribution in [2.24, 2.45) is 0 Å². The predicted octanol–water partition coefficient (Wildman–Crippen LogP) is 2.73. The van der Waals surface area contributed by atoms with E-state index in [-0.39, 0.29) is 0 Å². The minimum absolute atomic E-state index is 0.554. The van der Waals surface area contributed by atoms with Gasteiger partial charge in [-0.05, 0) is 19.4 Å². The monoisotopic (exact) mass is 210 g/mol. The summed E-state index contributed by atoms with van der Waals surface area (Å²) < 4.78 is 0. The summed E-state index contributed by atoms with van der Waals surface area (Å²) in [6, 6.07) is 0. The van der Waals surface area contributed by atoms with Crippen molar-refractivity contribution in [3.05, 3.63) is 16.1 Å². The maximum atomic E-state index is 4.70. The molecule has 14 heavy (non-hydrogen) atoms. The Bertz CT molecular complexity index is 291. The third kappa shape index (κ3) is 2.34. The normalized spacial score (nSPS) is 18.4. The van der Waals surface area contributed by atoms with E-state index in [1.165, 1.54) is 23.5 Å². The highest BCUT2D eigenvalue weighted by Crippen LogP contribution is 2.41. The summed E-state index contributed by atoms with van der Waals surface area (Å²) in [6.45, 7) is 6.48. The van der Waals surface area contributed by atoms with Crippen molar-refractivity contribution in [1.82, 2.24) is 10.3 Å². The van der Waals surface area contributed by atoms with Crippen molar-refractivity contribution < 1.29 is 0 Å². The number of nitrogens with zero attached hydrogens (tertiary/aromatic N) is 1. The minimum Gasteiger partial charge on any atom is -0.316 e. The molecule has 3 heteroatoms. The Labute approximate surface area is 89.8 Å². The van der Waals surface area contributed by atoms with Crippen molar-refractivity contribution in [3.8, 4) is 0 Å². The van der Waals surface area contributed by atoms with Crippen LogP contribution in [0.4, 0.5) is 0 Å². The molecule has 0 bridgehead atoms. The van der Waals surface area contributed by atoms with Crippen LogP contribution in [0, 0.1) is 0 Å². The topological polar surface area (TPSA) is 24.9 Å². The van der Waals surface area contributed by atoms with Gasteiger partial charge in [0.2, 0.25) is 0 Å². The van der Waals surface area contributed by atoms with Gasteiger partial charge in [-0.1, -0.05) is 13.8 Å². The van der Waals surface area contributed by atoms with Crippen LogP contribution in [0.15, 0.2) is 5.38 Å². The van der Waals surface area contributed by atoms with Crippen LogP contribution < -0.4 is 5.32 Å². The van der Waals surface area contributed by atoms with Gasteiger partial charge < -0.3 is 5.32 Å². The summed E-state index contributed by atoms with van der Waals surface area (Å²) in [5, 5.41) is 6.96. The zero-order chi connectivity index (χ0) is 9.97. The fourth-order valence-electron chi connectivity index (χ4n) is 1.51. The summed E-state index contributed by atoms with van der Waals surface area (Å²) in [6.07, 6.45) is 2.71. The van der Waals surface area contributed by atoms with Gasteiger partial charge in [0.15, 0.2) is 0 Å². The van der Waals surface area contributed by atoms with Crippen LogP contribution in [-0.2, 0) is 0 Å². The lowest BCUT2D eigenvalue weighted by Gasteiger charge is -2.08. The van der Waals surface area contributed by atoms with E-state index in [1.54, 1.807) is 0 Å². The molecule has 1 atom stereocenters. The molecule has 1 fully saturated rings. The van der Waals surface area contributed by atoms with Crippen LogP contribution in [0.25, 0.3) is 0 Å². The summed E-state index contributed by atoms with van der Waals surface area (Å²) in [7, 11) is 0. The molecule has 0 radical (unpaired) electrons. The Balaban J connectivity index is 1.93. The first-order valence-electron chi connectivity index (χ1n) is 5.47. The molecule has 1 saturated carbocycles. The molecule has 2 rings (SSSR count). The van der Waals surface area contributed by atoms with Gasteiger partial charge in [0.25, 0.3) is 0 Å². The second-order valence-electron chi connectivity index (χ2n) is 4.09. The molecule has 1 aliphatic carbocycles. The number of likely N-dealkylation sites (N-methyl/N-ethyl adjacent to an activating group) is 1. The van der Waals surface area contributed by atoms with Crippen molar-refractivity contribution in [1.29, 1.82) is 0 Å². The lowest BCUT2D eigenvalue weighted by molar-refractivity contribution is 0.624. The summed E-state index contributed by atoms with van der Waals surface area (Å²) in [4.78, 5) is 4.70. The number of hydrogen-bond acceptors (Lipinski definition) is 3. The Hall–Kier alpha value is -0.410. The second-order valence-corrected chi connectivity index (χ2v) is 4.98. The fraction of sp³-hybridized carbons (Fsp3) is 0.727. The molecule has 0 aliphatic heterocycles. The molecule has 1 unspecified atom stereocenters. The number of hydrogen-bond donors (Lipinski definition) is 1. The van der Waals surface area contributed by atoms with Gasteiger partial charge in [-0.25, -0.2) is 4.98 Å². The van der Waals surface area contributed by atoms with Crippen LogP contribution in [0.3, 0.4) is 0 Å². The molecule has 0 saturated heterocycles. The van der Waals surface area contributed by atoms with E-state index in [0.717, 1.165) is 19.0 Å². The molecule has 1 heterocycles. The van der Waals surface area contributed by atoms with E-state index in [0.29, 0.717) is 5.92 Å². The van der Waals surface area contributed by atoms with Crippen LogP contribution in [0.5, 0.6) is 0 Å². The first kappa shape index (κ1) is 10.1. The predicted molar refractivity (Wildman–Crippen MR) is 61.0 cm³/mol. The Morgan fingerprint density at radius 2 is 2.43 bits per heavy atom. The lowest BCUT2D eigenvalue weighted by atomic mass is 10.1. The molecule has 0 spiro atoms. The SMILES string of the molecule is CCNCC(C)c1csc(C2CC2)n1. The van der Waals surface area contributed by atoms with E-state index in [2.05, 4.69) is 24.5 Å². The molecular weight excluding hydrogens is 192 g/mol. The smallest absolute Gasteiger partial charge is 0.0959 e. The number of aromatic nitrogens is 1. The highest BCUT2D eigenvalue weighted by molar-refractivity contribution is 7.09. The average Bonchev–Trinajstić information content (AvgIpc) is 2.93. The second kappa shape index (κ2) is 4.41. The zero-order valence-electron chi connectivity index (χ0n) is 8.92. The number of thiazole rings is 1. The van der Waals surface area contributed by atoms with Crippen molar-refractivity contribution >= 4 is 11.3 Å².